The van der Waals surface area contributed by atoms with Crippen molar-refractivity contribution < 1.29 is 9.47 Å². The Kier molecular flexibility index (Phi) is 6.92. The Hall–Kier alpha value is -1.59. The molecule has 106 valence electrons. The molecule has 0 aliphatic carbocycles. The van der Waals surface area contributed by atoms with Crippen molar-refractivity contribution in [3.05, 3.63) is 35.4 Å². The molecule has 0 aliphatic heterocycles. The number of benzene rings is 1. The van der Waals surface area contributed by atoms with E-state index in [9.17, 15) is 0 Å². The number of guanidine groups is 1. The molecule has 0 spiro atoms. The standard InChI is InChI=1S/C14H23N3O2/c1-11(9-18-2)17-14(15)16-8-12-5-4-6-13(7-12)10-19-3/h4-7,11H,8-10H2,1-3H3,(H3,15,16,17). The molecule has 0 fully saturated rings. The van der Waals surface area contributed by atoms with Gasteiger partial charge >= 0.3 is 0 Å². The van der Waals surface area contributed by atoms with Gasteiger partial charge in [-0.25, -0.2) is 4.99 Å². The summed E-state index contributed by atoms with van der Waals surface area (Å²) in [6, 6.07) is 8.26. The van der Waals surface area contributed by atoms with Gasteiger partial charge in [0.1, 0.15) is 0 Å². The van der Waals surface area contributed by atoms with Crippen LogP contribution in [0.4, 0.5) is 0 Å². The molecule has 0 aromatic heterocycles. The molecule has 0 saturated carbocycles. The number of nitrogens with one attached hydrogen (secondary N) is 1. The summed E-state index contributed by atoms with van der Waals surface area (Å²) in [5.74, 6) is 0.432. The fourth-order valence-electron chi connectivity index (χ4n) is 1.75. The Morgan fingerprint density at radius 1 is 1.32 bits per heavy atom. The number of rotatable bonds is 7. The van der Waals surface area contributed by atoms with Gasteiger partial charge in [0.05, 0.1) is 19.8 Å². The molecule has 0 bridgehead atoms. The number of ether oxygens (including phenoxy) is 2. The third kappa shape index (κ3) is 6.22. The van der Waals surface area contributed by atoms with Gasteiger partial charge in [0.25, 0.3) is 0 Å². The predicted octanol–water partition coefficient (Wildman–Crippen LogP) is 1.27. The van der Waals surface area contributed by atoms with E-state index in [1.807, 2.05) is 25.1 Å². The summed E-state index contributed by atoms with van der Waals surface area (Å²) >= 11 is 0. The Labute approximate surface area is 114 Å². The van der Waals surface area contributed by atoms with E-state index in [1.165, 1.54) is 0 Å². The van der Waals surface area contributed by atoms with Crippen molar-refractivity contribution in [3.8, 4) is 0 Å². The lowest BCUT2D eigenvalue weighted by Crippen LogP contribution is -2.40. The number of nitrogens with two attached hydrogens (primary N) is 1. The minimum absolute atomic E-state index is 0.147. The molecular weight excluding hydrogens is 242 g/mol. The van der Waals surface area contributed by atoms with E-state index in [0.29, 0.717) is 25.7 Å². The van der Waals surface area contributed by atoms with E-state index >= 15 is 0 Å². The van der Waals surface area contributed by atoms with Crippen molar-refractivity contribution in [3.63, 3.8) is 0 Å². The number of methoxy groups -OCH3 is 2. The van der Waals surface area contributed by atoms with Crippen LogP contribution in [0.5, 0.6) is 0 Å². The van der Waals surface area contributed by atoms with Gasteiger partial charge in [0.2, 0.25) is 0 Å². The first-order valence-electron chi connectivity index (χ1n) is 6.28. The van der Waals surface area contributed by atoms with Crippen LogP contribution in [0.25, 0.3) is 0 Å². The molecule has 1 unspecified atom stereocenters. The van der Waals surface area contributed by atoms with Crippen LogP contribution in [-0.4, -0.2) is 32.8 Å². The molecule has 0 radical (unpaired) electrons. The number of aliphatic imine (C=N–C) groups is 1. The zero-order chi connectivity index (χ0) is 14.1. The van der Waals surface area contributed by atoms with Crippen LogP contribution in [-0.2, 0) is 22.6 Å². The third-order valence-electron chi connectivity index (χ3n) is 2.55. The maximum absolute atomic E-state index is 5.81. The van der Waals surface area contributed by atoms with Gasteiger partial charge in [-0.2, -0.15) is 0 Å². The number of nitrogens with zero attached hydrogens (tertiary/aromatic N) is 1. The zero-order valence-electron chi connectivity index (χ0n) is 11.8. The molecule has 0 amide bonds. The Morgan fingerprint density at radius 2 is 2.05 bits per heavy atom. The first kappa shape index (κ1) is 15.5. The van der Waals surface area contributed by atoms with E-state index in [4.69, 9.17) is 15.2 Å². The molecule has 0 heterocycles. The fraction of sp³-hybridized carbons (Fsp3) is 0.500. The summed E-state index contributed by atoms with van der Waals surface area (Å²) in [6.45, 7) is 3.75. The van der Waals surface area contributed by atoms with Crippen LogP contribution in [0.3, 0.4) is 0 Å². The quantitative estimate of drug-likeness (QED) is 0.575. The van der Waals surface area contributed by atoms with E-state index in [1.54, 1.807) is 14.2 Å². The smallest absolute Gasteiger partial charge is 0.189 e. The average Bonchev–Trinajstić information content (AvgIpc) is 2.37. The minimum Gasteiger partial charge on any atom is -0.383 e. The van der Waals surface area contributed by atoms with Crippen LogP contribution in [0, 0.1) is 0 Å². The van der Waals surface area contributed by atoms with Gasteiger partial charge in [0.15, 0.2) is 5.96 Å². The molecule has 5 heteroatoms. The van der Waals surface area contributed by atoms with Gasteiger partial charge in [-0.3, -0.25) is 0 Å². The van der Waals surface area contributed by atoms with E-state index < -0.39 is 0 Å². The third-order valence-corrected chi connectivity index (χ3v) is 2.55. The van der Waals surface area contributed by atoms with Crippen molar-refractivity contribution in [2.75, 3.05) is 20.8 Å². The van der Waals surface area contributed by atoms with E-state index in [2.05, 4.69) is 16.4 Å². The summed E-state index contributed by atoms with van der Waals surface area (Å²) in [5.41, 5.74) is 8.05. The zero-order valence-corrected chi connectivity index (χ0v) is 11.8. The molecule has 1 atom stereocenters. The second kappa shape index (κ2) is 8.50. The first-order chi connectivity index (χ1) is 9.15. The maximum atomic E-state index is 5.81. The van der Waals surface area contributed by atoms with Gasteiger partial charge in [-0.1, -0.05) is 24.3 Å². The summed E-state index contributed by atoms with van der Waals surface area (Å²) in [4.78, 5) is 4.30. The highest BCUT2D eigenvalue weighted by Crippen LogP contribution is 2.07. The molecule has 0 saturated heterocycles. The molecule has 5 nitrogen and oxygen atoms in total. The van der Waals surface area contributed by atoms with Crippen LogP contribution in [0.2, 0.25) is 0 Å². The largest absolute Gasteiger partial charge is 0.383 e. The van der Waals surface area contributed by atoms with Gasteiger partial charge < -0.3 is 20.5 Å². The highest BCUT2D eigenvalue weighted by Gasteiger charge is 2.01. The van der Waals surface area contributed by atoms with Gasteiger partial charge in [-0.15, -0.1) is 0 Å². The molecule has 1 aromatic rings. The Balaban J connectivity index is 2.52. The molecule has 3 N–H and O–H groups in total. The fourth-order valence-corrected chi connectivity index (χ4v) is 1.75. The molecule has 19 heavy (non-hydrogen) atoms. The lowest BCUT2D eigenvalue weighted by molar-refractivity contribution is 0.179. The lowest BCUT2D eigenvalue weighted by Gasteiger charge is -2.13. The topological polar surface area (TPSA) is 68.9 Å². The summed E-state index contributed by atoms with van der Waals surface area (Å²) in [7, 11) is 3.34. The van der Waals surface area contributed by atoms with Gasteiger partial charge in [0, 0.05) is 20.3 Å². The molecular formula is C14H23N3O2. The Bertz CT molecular complexity index is 407. The monoisotopic (exact) mass is 265 g/mol. The highest BCUT2D eigenvalue weighted by atomic mass is 16.5. The lowest BCUT2D eigenvalue weighted by atomic mass is 10.1. The predicted molar refractivity (Wildman–Crippen MR) is 77.0 cm³/mol. The molecule has 1 aromatic carbocycles. The van der Waals surface area contributed by atoms with Crippen LogP contribution in [0.15, 0.2) is 29.3 Å². The van der Waals surface area contributed by atoms with Crippen LogP contribution in [0.1, 0.15) is 18.1 Å². The average molecular weight is 265 g/mol. The van der Waals surface area contributed by atoms with Crippen LogP contribution < -0.4 is 11.1 Å². The maximum Gasteiger partial charge on any atom is 0.189 e. The summed E-state index contributed by atoms with van der Waals surface area (Å²) in [5, 5.41) is 3.07. The summed E-state index contributed by atoms with van der Waals surface area (Å²) in [6.07, 6.45) is 0. The van der Waals surface area contributed by atoms with Crippen molar-refractivity contribution in [2.45, 2.75) is 26.1 Å². The van der Waals surface area contributed by atoms with Crippen molar-refractivity contribution in [1.82, 2.24) is 5.32 Å². The number of hydrogen-bond donors (Lipinski definition) is 2. The number of hydrogen-bond acceptors (Lipinski definition) is 3. The molecule has 1 rings (SSSR count). The van der Waals surface area contributed by atoms with E-state index in [-0.39, 0.29) is 6.04 Å². The Morgan fingerprint density at radius 3 is 2.74 bits per heavy atom. The van der Waals surface area contributed by atoms with Crippen molar-refractivity contribution in [1.29, 1.82) is 0 Å². The van der Waals surface area contributed by atoms with Crippen molar-refractivity contribution in [2.24, 2.45) is 10.7 Å². The highest BCUT2D eigenvalue weighted by molar-refractivity contribution is 5.78. The molecule has 0 aliphatic rings. The van der Waals surface area contributed by atoms with Crippen molar-refractivity contribution >= 4 is 5.96 Å². The van der Waals surface area contributed by atoms with Crippen LogP contribution >= 0.6 is 0 Å². The van der Waals surface area contributed by atoms with Gasteiger partial charge in [-0.05, 0) is 18.1 Å². The second-order valence-electron chi connectivity index (χ2n) is 4.46. The normalized spacial score (nSPS) is 13.3. The minimum atomic E-state index is 0.147. The second-order valence-corrected chi connectivity index (χ2v) is 4.46. The first-order valence-corrected chi connectivity index (χ1v) is 6.28. The van der Waals surface area contributed by atoms with E-state index in [0.717, 1.165) is 11.1 Å². The SMILES string of the molecule is COCc1cccc(CN=C(N)NC(C)COC)c1. The summed E-state index contributed by atoms with van der Waals surface area (Å²) < 4.78 is 10.1.